The first-order chi connectivity index (χ1) is 11.6. The molecule has 0 spiro atoms. The molecule has 24 heavy (non-hydrogen) atoms. The van der Waals surface area contributed by atoms with Gasteiger partial charge in [0.1, 0.15) is 11.3 Å². The van der Waals surface area contributed by atoms with E-state index in [0.717, 1.165) is 33.5 Å². The van der Waals surface area contributed by atoms with Gasteiger partial charge >= 0.3 is 5.97 Å². The number of carboxylic acid groups (broad SMARTS) is 1. The minimum Gasteiger partial charge on any atom is -0.494 e. The number of aromatic carboxylic acids is 1. The number of hydrogen-bond acceptors (Lipinski definition) is 4. The van der Waals surface area contributed by atoms with E-state index in [1.165, 1.54) is 6.20 Å². The molecule has 0 unspecified atom stereocenters. The van der Waals surface area contributed by atoms with E-state index >= 15 is 0 Å². The molecule has 0 saturated heterocycles. The molecule has 1 aromatic carbocycles. The third-order valence-corrected chi connectivity index (χ3v) is 4.35. The second-order valence-corrected chi connectivity index (χ2v) is 5.70. The number of ether oxygens (including phenoxy) is 1. The van der Waals surface area contributed by atoms with E-state index < -0.39 is 5.97 Å². The molecule has 1 aliphatic rings. The largest absolute Gasteiger partial charge is 0.494 e. The average Bonchev–Trinajstić information content (AvgIpc) is 3.13. The van der Waals surface area contributed by atoms with Crippen molar-refractivity contribution in [1.29, 1.82) is 0 Å². The Hall–Kier alpha value is -3.15. The van der Waals surface area contributed by atoms with Crippen molar-refractivity contribution in [2.45, 2.75) is 6.42 Å². The topological polar surface area (TPSA) is 77.2 Å². The van der Waals surface area contributed by atoms with Crippen LogP contribution in [0.25, 0.3) is 22.6 Å². The summed E-state index contributed by atoms with van der Waals surface area (Å²) in [5.41, 5.74) is 4.51. The lowest BCUT2D eigenvalue weighted by atomic mass is 10.0. The first kappa shape index (κ1) is 14.4. The third kappa shape index (κ3) is 2.00. The lowest BCUT2D eigenvalue weighted by molar-refractivity contribution is 0.0695. The zero-order chi connectivity index (χ0) is 16.8. The van der Waals surface area contributed by atoms with Crippen molar-refractivity contribution < 1.29 is 14.6 Å². The van der Waals surface area contributed by atoms with E-state index in [1.54, 1.807) is 13.2 Å². The minimum atomic E-state index is -0.931. The van der Waals surface area contributed by atoms with E-state index in [0.29, 0.717) is 17.7 Å². The van der Waals surface area contributed by atoms with Crippen LogP contribution < -0.4 is 4.74 Å². The van der Waals surface area contributed by atoms with Gasteiger partial charge in [-0.15, -0.1) is 0 Å². The van der Waals surface area contributed by atoms with Gasteiger partial charge in [0.25, 0.3) is 0 Å². The lowest BCUT2D eigenvalue weighted by Crippen LogP contribution is -2.04. The summed E-state index contributed by atoms with van der Waals surface area (Å²) in [5.74, 6) is -0.213. The monoisotopic (exact) mass is 321 g/mol. The number of carboxylic acids is 1. The van der Waals surface area contributed by atoms with Gasteiger partial charge in [0.15, 0.2) is 0 Å². The second kappa shape index (κ2) is 5.19. The zero-order valence-electron chi connectivity index (χ0n) is 13.3. The highest BCUT2D eigenvalue weighted by Crippen LogP contribution is 2.37. The predicted molar refractivity (Wildman–Crippen MR) is 90.0 cm³/mol. The smallest absolute Gasteiger partial charge is 0.336 e. The molecule has 0 saturated carbocycles. The summed E-state index contributed by atoms with van der Waals surface area (Å²) in [5, 5.41) is 14.9. The van der Waals surface area contributed by atoms with Crippen LogP contribution in [0.2, 0.25) is 0 Å². The zero-order valence-corrected chi connectivity index (χ0v) is 13.3. The highest BCUT2D eigenvalue weighted by atomic mass is 16.5. The molecular weight excluding hydrogens is 306 g/mol. The lowest BCUT2D eigenvalue weighted by Gasteiger charge is -2.05. The Morgan fingerprint density at radius 3 is 2.92 bits per heavy atom. The van der Waals surface area contributed by atoms with Crippen LogP contribution in [0.4, 0.5) is 0 Å². The Bertz CT molecular complexity index is 1020. The van der Waals surface area contributed by atoms with Crippen molar-refractivity contribution >= 4 is 28.5 Å². The van der Waals surface area contributed by atoms with Crippen LogP contribution in [0, 0.1) is 0 Å². The predicted octanol–water partition coefficient (Wildman–Crippen LogP) is 2.77. The van der Waals surface area contributed by atoms with Crippen LogP contribution in [0.15, 0.2) is 30.5 Å². The van der Waals surface area contributed by atoms with Gasteiger partial charge in [0.2, 0.25) is 0 Å². The van der Waals surface area contributed by atoms with Gasteiger partial charge in [0.05, 0.1) is 24.1 Å². The number of aryl methyl sites for hydroxylation is 1. The number of methoxy groups -OCH3 is 1. The normalized spacial score (nSPS) is 13.0. The Kier molecular flexibility index (Phi) is 3.13. The van der Waals surface area contributed by atoms with Crippen LogP contribution in [0.3, 0.4) is 0 Å². The van der Waals surface area contributed by atoms with Gasteiger partial charge < -0.3 is 9.84 Å². The maximum absolute atomic E-state index is 11.4. The van der Waals surface area contributed by atoms with Crippen molar-refractivity contribution in [2.24, 2.45) is 7.05 Å². The summed E-state index contributed by atoms with van der Waals surface area (Å²) in [7, 11) is 3.50. The summed E-state index contributed by atoms with van der Waals surface area (Å²) in [6, 6.07) is 7.34. The summed E-state index contributed by atoms with van der Waals surface area (Å²) in [6.07, 6.45) is 4.00. The number of benzene rings is 1. The van der Waals surface area contributed by atoms with Crippen LogP contribution in [0.5, 0.6) is 5.75 Å². The van der Waals surface area contributed by atoms with Crippen LogP contribution in [-0.2, 0) is 13.5 Å². The van der Waals surface area contributed by atoms with Crippen molar-refractivity contribution in [3.8, 4) is 5.75 Å². The van der Waals surface area contributed by atoms with Crippen molar-refractivity contribution in [3.05, 3.63) is 53.0 Å². The van der Waals surface area contributed by atoms with E-state index in [1.807, 2.05) is 36.0 Å². The molecule has 0 radical (unpaired) electrons. The molecule has 2 heterocycles. The Balaban J connectivity index is 1.88. The standard InChI is InChI=1S/C18H15N3O3/c1-21-17(12-4-3-5-15(24-2)16(12)20-21)10-8-13-11(18(22)23)6-7-19-14(13)9-10/h3-7,9H,8H2,1-2H3,(H,22,23). The van der Waals surface area contributed by atoms with E-state index in [2.05, 4.69) is 10.1 Å². The first-order valence-corrected chi connectivity index (χ1v) is 7.52. The number of carbonyl (C=O) groups is 1. The van der Waals surface area contributed by atoms with Gasteiger partial charge in [-0.05, 0) is 29.3 Å². The number of allylic oxidation sites excluding steroid dienone is 1. The molecule has 6 nitrogen and oxygen atoms in total. The van der Waals surface area contributed by atoms with E-state index in [4.69, 9.17) is 4.74 Å². The molecule has 3 aromatic rings. The average molecular weight is 321 g/mol. The third-order valence-electron chi connectivity index (χ3n) is 4.35. The molecule has 2 aromatic heterocycles. The Labute approximate surface area is 138 Å². The van der Waals surface area contributed by atoms with Gasteiger partial charge in [-0.1, -0.05) is 12.1 Å². The number of fused-ring (bicyclic) bond motifs is 2. The van der Waals surface area contributed by atoms with Crippen LogP contribution in [0.1, 0.15) is 27.3 Å². The SMILES string of the molecule is COc1cccc2c(C3=Cc4nccc(C(=O)O)c4C3)n(C)nc12. The molecule has 120 valence electrons. The van der Waals surface area contributed by atoms with Gasteiger partial charge in [-0.25, -0.2) is 4.79 Å². The molecule has 6 heteroatoms. The number of hydrogen-bond donors (Lipinski definition) is 1. The van der Waals surface area contributed by atoms with Gasteiger partial charge in [-0.2, -0.15) is 5.10 Å². The van der Waals surface area contributed by atoms with Crippen LogP contribution in [-0.4, -0.2) is 33.0 Å². The summed E-state index contributed by atoms with van der Waals surface area (Å²) < 4.78 is 7.20. The Morgan fingerprint density at radius 1 is 1.33 bits per heavy atom. The van der Waals surface area contributed by atoms with E-state index in [9.17, 15) is 9.90 Å². The fourth-order valence-corrected chi connectivity index (χ4v) is 3.31. The molecule has 0 amide bonds. The first-order valence-electron chi connectivity index (χ1n) is 7.52. The highest BCUT2D eigenvalue weighted by molar-refractivity contribution is 6.01. The molecule has 1 aliphatic carbocycles. The number of pyridine rings is 1. The van der Waals surface area contributed by atoms with Crippen molar-refractivity contribution in [2.75, 3.05) is 7.11 Å². The molecular formula is C18H15N3O3. The summed E-state index contributed by atoms with van der Waals surface area (Å²) in [4.78, 5) is 15.7. The molecule has 0 atom stereocenters. The molecule has 4 rings (SSSR count). The maximum atomic E-state index is 11.4. The van der Waals surface area contributed by atoms with Gasteiger partial charge in [0, 0.05) is 25.1 Å². The number of aromatic nitrogens is 3. The van der Waals surface area contributed by atoms with Crippen molar-refractivity contribution in [1.82, 2.24) is 14.8 Å². The number of nitrogens with zero attached hydrogens (tertiary/aromatic N) is 3. The molecule has 0 fully saturated rings. The second-order valence-electron chi connectivity index (χ2n) is 5.70. The minimum absolute atomic E-state index is 0.301. The Morgan fingerprint density at radius 2 is 2.17 bits per heavy atom. The van der Waals surface area contributed by atoms with Gasteiger partial charge in [-0.3, -0.25) is 9.67 Å². The fraction of sp³-hybridized carbons (Fsp3) is 0.167. The van der Waals surface area contributed by atoms with Crippen molar-refractivity contribution in [3.63, 3.8) is 0 Å². The quantitative estimate of drug-likeness (QED) is 0.802. The number of rotatable bonds is 3. The summed E-state index contributed by atoms with van der Waals surface area (Å²) >= 11 is 0. The fourth-order valence-electron chi connectivity index (χ4n) is 3.31. The summed E-state index contributed by atoms with van der Waals surface area (Å²) in [6.45, 7) is 0. The molecule has 0 aliphatic heterocycles. The van der Waals surface area contributed by atoms with E-state index in [-0.39, 0.29) is 0 Å². The maximum Gasteiger partial charge on any atom is 0.336 e. The highest BCUT2D eigenvalue weighted by Gasteiger charge is 2.25. The molecule has 1 N–H and O–H groups in total. The van der Waals surface area contributed by atoms with Crippen LogP contribution >= 0.6 is 0 Å². The molecule has 0 bridgehead atoms.